The Bertz CT molecular complexity index is 2050. The Morgan fingerprint density at radius 2 is 1.90 bits per heavy atom. The molecule has 19 heteroatoms. The monoisotopic (exact) mass is 719 g/mol. The molecular weight excluding hydrogens is 698 g/mol. The number of carbonyl (C=O) groups excluding carboxylic acids is 3. The molecule has 3 atom stereocenters. The van der Waals surface area contributed by atoms with Gasteiger partial charge in [-0.3, -0.25) is 24.1 Å². The Balaban J connectivity index is 0.00000451. The molecule has 2 aliphatic rings. The fourth-order valence-electron chi connectivity index (χ4n) is 4.99. The summed E-state index contributed by atoms with van der Waals surface area (Å²) in [5, 5.41) is 54.0. The Morgan fingerprint density at radius 1 is 1.17 bits per heavy atom. The normalized spacial score (nSPS) is 17.6. The number of nitrogens with zero attached hydrogens (tertiary/aromatic N) is 3. The van der Waals surface area contributed by atoms with E-state index in [-0.39, 0.29) is 69.0 Å². The first-order valence-corrected chi connectivity index (χ1v) is 16.5. The number of carboxylic acid groups (broad SMARTS) is 1. The van der Waals surface area contributed by atoms with Gasteiger partial charge in [-0.25, -0.2) is 4.79 Å². The number of nitrogens with one attached hydrogen (secondary N) is 2. The molecule has 3 amide bonds. The molecule has 2 aliphatic heterocycles. The van der Waals surface area contributed by atoms with Crippen molar-refractivity contribution < 1.29 is 73.6 Å². The number of carbonyl (C=O) groups is 4. The van der Waals surface area contributed by atoms with Gasteiger partial charge in [0, 0.05) is 11.5 Å². The average Bonchev–Trinajstić information content (AvgIpc) is 3.47. The largest absolute Gasteiger partial charge is 1.00 e. The van der Waals surface area contributed by atoms with Crippen molar-refractivity contribution in [2.24, 2.45) is 0 Å². The summed E-state index contributed by atoms with van der Waals surface area (Å²) in [6.07, 6.45) is 0.816. The number of hydrogen-bond acceptors (Lipinski definition) is 14. The molecular formula is C29H22N5NaO10S3. The second-order valence-corrected chi connectivity index (χ2v) is 13.8. The molecule has 1 fully saturated rings. The molecule has 2 aromatic carbocycles. The van der Waals surface area contributed by atoms with E-state index >= 15 is 0 Å². The van der Waals surface area contributed by atoms with Crippen molar-refractivity contribution >= 4 is 69.5 Å². The number of phenols is 2. The van der Waals surface area contributed by atoms with Crippen LogP contribution in [0.25, 0.3) is 11.0 Å². The number of phenolic OH excluding ortho intramolecular Hbond substituents is 2. The van der Waals surface area contributed by atoms with Crippen LogP contribution in [0.4, 0.5) is 0 Å². The molecule has 6 rings (SSSR count). The fourth-order valence-corrected chi connectivity index (χ4v) is 8.30. The number of rotatable bonds is 9. The summed E-state index contributed by atoms with van der Waals surface area (Å²) in [5.41, 5.74) is -1.05. The van der Waals surface area contributed by atoms with E-state index in [2.05, 4.69) is 20.8 Å². The molecule has 4 heterocycles. The van der Waals surface area contributed by atoms with E-state index in [0.717, 1.165) is 28.3 Å². The summed E-state index contributed by atoms with van der Waals surface area (Å²) >= 11 is 3.94. The summed E-state index contributed by atoms with van der Waals surface area (Å²) in [7, 11) is 0. The first-order chi connectivity index (χ1) is 22.4. The van der Waals surface area contributed by atoms with Crippen LogP contribution in [0.1, 0.15) is 27.0 Å². The van der Waals surface area contributed by atoms with Gasteiger partial charge in [-0.2, -0.15) is 0 Å². The van der Waals surface area contributed by atoms with Gasteiger partial charge in [0.2, 0.25) is 11.3 Å². The van der Waals surface area contributed by atoms with Gasteiger partial charge in [0.25, 0.3) is 11.8 Å². The Morgan fingerprint density at radius 3 is 2.56 bits per heavy atom. The Kier molecular flexibility index (Phi) is 10.4. The standard InChI is InChI=1S/C29H23N5O10S3.Na/c1-11-32-33-29(47-11)46-10-13-9-45-27-21(26(41)34(27)22(13)28(42)43)31-25(40)20(12-2-4-14(35)5-3-12)30-24(39)16-8-44-19-7-18(37)17(36)6-15(19)23(16)38;/h2-8,20-21,27,35-37H,9-10H2,1H3,(H,30,39)(H,31,40)(H,42,43);/q;+1/p-1/t20?,21-,27+;/m1./s1. The van der Waals surface area contributed by atoms with Crippen LogP contribution in [0.5, 0.6) is 17.2 Å². The zero-order valence-corrected chi connectivity index (χ0v) is 29.4. The molecule has 0 spiro atoms. The molecule has 5 N–H and O–H groups in total. The second-order valence-electron chi connectivity index (χ2n) is 10.3. The first-order valence-electron chi connectivity index (χ1n) is 13.6. The number of carboxylic acids is 1. The van der Waals surface area contributed by atoms with E-state index < -0.39 is 63.6 Å². The second kappa shape index (κ2) is 14.2. The van der Waals surface area contributed by atoms with E-state index in [9.17, 15) is 44.4 Å². The molecule has 1 unspecified atom stereocenters. The molecule has 2 aromatic heterocycles. The zero-order valence-electron chi connectivity index (χ0n) is 25.0. The smallest absolute Gasteiger partial charge is 0.870 e. The Hall–Kier alpha value is -4.07. The van der Waals surface area contributed by atoms with Crippen LogP contribution in [-0.4, -0.2) is 77.0 Å². The third-order valence-electron chi connectivity index (χ3n) is 7.29. The van der Waals surface area contributed by atoms with Crippen molar-refractivity contribution in [1.82, 2.24) is 25.7 Å². The number of fused-ring (bicyclic) bond motifs is 2. The van der Waals surface area contributed by atoms with Gasteiger partial charge >= 0.3 is 35.5 Å². The number of thioether (sulfide) groups is 2. The molecule has 0 aliphatic carbocycles. The van der Waals surface area contributed by atoms with Crippen LogP contribution in [0.2, 0.25) is 0 Å². The first kappa shape index (κ1) is 35.2. The summed E-state index contributed by atoms with van der Waals surface area (Å²) in [6, 6.07) is 4.42. The topological polar surface area (TPSA) is 235 Å². The van der Waals surface area contributed by atoms with Crippen molar-refractivity contribution in [3.05, 3.63) is 80.3 Å². The number of amides is 3. The predicted molar refractivity (Wildman–Crippen MR) is 167 cm³/mol. The van der Waals surface area contributed by atoms with Crippen molar-refractivity contribution in [3.8, 4) is 17.2 Å². The van der Waals surface area contributed by atoms with Crippen LogP contribution < -0.4 is 50.7 Å². The molecule has 48 heavy (non-hydrogen) atoms. The number of aromatic nitrogens is 2. The fraction of sp³-hybridized carbons (Fsp3) is 0.207. The Labute approximate surface area is 304 Å². The summed E-state index contributed by atoms with van der Waals surface area (Å²) in [4.78, 5) is 66.7. The maximum atomic E-state index is 13.7. The van der Waals surface area contributed by atoms with Crippen molar-refractivity contribution in [2.45, 2.75) is 28.7 Å². The minimum absolute atomic E-state index is 0. The van der Waals surface area contributed by atoms with E-state index in [0.29, 0.717) is 9.91 Å². The molecule has 4 aromatic rings. The van der Waals surface area contributed by atoms with Crippen LogP contribution in [-0.2, 0) is 14.4 Å². The van der Waals surface area contributed by atoms with Crippen LogP contribution in [0, 0.1) is 6.92 Å². The van der Waals surface area contributed by atoms with Crippen molar-refractivity contribution in [3.63, 3.8) is 0 Å². The number of hydrogen-bond donors (Lipinski definition) is 5. The van der Waals surface area contributed by atoms with Gasteiger partial charge in [0.15, 0.2) is 4.34 Å². The quantitative estimate of drug-likeness (QED) is 0.0748. The van der Waals surface area contributed by atoms with E-state index in [1.54, 1.807) is 6.92 Å². The van der Waals surface area contributed by atoms with Crippen LogP contribution in [0.15, 0.2) is 67.5 Å². The van der Waals surface area contributed by atoms with E-state index in [1.807, 2.05) is 0 Å². The van der Waals surface area contributed by atoms with E-state index in [4.69, 9.17) is 4.42 Å². The van der Waals surface area contributed by atoms with Gasteiger partial charge in [-0.1, -0.05) is 41.0 Å². The summed E-state index contributed by atoms with van der Waals surface area (Å²) in [6.45, 7) is 1.80. The molecule has 242 valence electrons. The van der Waals surface area contributed by atoms with Crippen molar-refractivity contribution in [1.29, 1.82) is 0 Å². The number of aromatic hydroxyl groups is 2. The maximum absolute atomic E-state index is 13.7. The molecule has 0 bridgehead atoms. The minimum atomic E-state index is -1.48. The van der Waals surface area contributed by atoms with E-state index in [1.165, 1.54) is 59.1 Å². The minimum Gasteiger partial charge on any atom is -0.870 e. The van der Waals surface area contributed by atoms with Gasteiger partial charge in [0.1, 0.15) is 57.1 Å². The SMILES string of the molecule is Cc1nnc(SCC2=C(C(=O)O)N3C(=O)[C@@H](NC(=O)C(NC(=O)c4coc5cc([O-])c(O)cc5c4=O)c4ccc(O)cc4)[C@@H]3SC2)s1.[Na+]. The number of benzene rings is 2. The predicted octanol–water partition coefficient (Wildman–Crippen LogP) is -1.56. The maximum Gasteiger partial charge on any atom is 1.00 e. The molecule has 0 radical (unpaired) electrons. The summed E-state index contributed by atoms with van der Waals surface area (Å²) in [5.74, 6) is -4.94. The molecule has 0 saturated carbocycles. The molecule has 15 nitrogen and oxygen atoms in total. The van der Waals surface area contributed by atoms with Gasteiger partial charge in [-0.05, 0) is 42.3 Å². The van der Waals surface area contributed by atoms with Crippen LogP contribution >= 0.6 is 34.9 Å². The van der Waals surface area contributed by atoms with Gasteiger partial charge in [0.05, 0.1) is 5.39 Å². The third kappa shape index (κ3) is 6.76. The third-order valence-corrected chi connectivity index (χ3v) is 10.7. The van der Waals surface area contributed by atoms with Gasteiger partial charge in [-0.15, -0.1) is 22.0 Å². The average molecular weight is 720 g/mol. The molecule has 1 saturated heterocycles. The summed E-state index contributed by atoms with van der Waals surface area (Å²) < 4.78 is 5.93. The number of aryl methyl sites for hydroxylation is 1. The van der Waals surface area contributed by atoms with Crippen molar-refractivity contribution in [2.75, 3.05) is 11.5 Å². The van der Waals surface area contributed by atoms with Crippen LogP contribution in [0.3, 0.4) is 0 Å². The number of aliphatic carboxylic acids is 1. The van der Waals surface area contributed by atoms with Gasteiger partial charge < -0.3 is 35.5 Å². The zero-order chi connectivity index (χ0) is 33.6. The number of β-lactam (4-membered cyclic amide) rings is 1.